The van der Waals surface area contributed by atoms with Gasteiger partial charge < -0.3 is 15.0 Å². The average molecular weight is 389 g/mol. The summed E-state index contributed by atoms with van der Waals surface area (Å²) >= 11 is 0. The number of carbonyl (C=O) groups is 2. The zero-order valence-corrected chi connectivity index (χ0v) is 16.0. The summed E-state index contributed by atoms with van der Waals surface area (Å²) in [7, 11) is 1.50. The van der Waals surface area contributed by atoms with Gasteiger partial charge in [-0.1, -0.05) is 0 Å². The van der Waals surface area contributed by atoms with E-state index in [1.807, 2.05) is 11.8 Å². The summed E-state index contributed by atoms with van der Waals surface area (Å²) in [5.41, 5.74) is 1.40. The molecule has 0 bridgehead atoms. The number of rotatable bonds is 6. The molecule has 1 aliphatic rings. The molecule has 1 aromatic heterocycles. The van der Waals surface area contributed by atoms with Crippen LogP contribution in [0.2, 0.25) is 0 Å². The molecular weight excluding hydrogens is 365 g/mol. The zero-order valence-electron chi connectivity index (χ0n) is 16.0. The summed E-state index contributed by atoms with van der Waals surface area (Å²) in [5, 5.41) is 7.24. The molecule has 1 N–H and O–H groups in total. The number of aromatic nitrogens is 2. The van der Waals surface area contributed by atoms with Crippen LogP contribution >= 0.6 is 0 Å². The van der Waals surface area contributed by atoms with E-state index in [1.165, 1.54) is 19.2 Å². The number of piperazine rings is 1. The first-order chi connectivity index (χ1) is 13.5. The molecule has 1 fully saturated rings. The van der Waals surface area contributed by atoms with Gasteiger partial charge in [-0.2, -0.15) is 5.10 Å². The Hall–Kier alpha value is -2.78. The molecule has 0 spiro atoms. The van der Waals surface area contributed by atoms with Gasteiger partial charge in [0.1, 0.15) is 18.2 Å². The molecule has 9 heteroatoms. The molecule has 0 aliphatic carbocycles. The van der Waals surface area contributed by atoms with Crippen molar-refractivity contribution < 1.29 is 18.7 Å². The van der Waals surface area contributed by atoms with E-state index in [1.54, 1.807) is 27.8 Å². The number of benzene rings is 1. The Kier molecular flexibility index (Phi) is 6.37. The molecule has 150 valence electrons. The number of nitrogens with zero attached hydrogens (tertiary/aromatic N) is 4. The number of halogens is 1. The number of hydrogen-bond acceptors (Lipinski definition) is 5. The summed E-state index contributed by atoms with van der Waals surface area (Å²) in [6, 6.07) is 7.68. The standard InChI is InChI=1S/C19H24FN5O3/c1-14-11-17(25(22-14)16-5-3-15(20)4-6-16)21-18(26)12-23-7-9-24(10-8-23)19(27)13-28-2/h3-6,11H,7-10,12-13H2,1-2H3,(H,21,26). The molecule has 3 rings (SSSR count). The van der Waals surface area contributed by atoms with Crippen molar-refractivity contribution in [2.45, 2.75) is 6.92 Å². The first-order valence-corrected chi connectivity index (χ1v) is 9.08. The van der Waals surface area contributed by atoms with E-state index >= 15 is 0 Å². The van der Waals surface area contributed by atoms with Crippen molar-refractivity contribution in [1.29, 1.82) is 0 Å². The largest absolute Gasteiger partial charge is 0.375 e. The van der Waals surface area contributed by atoms with E-state index in [0.29, 0.717) is 37.7 Å². The summed E-state index contributed by atoms with van der Waals surface area (Å²) in [4.78, 5) is 28.1. The highest BCUT2D eigenvalue weighted by atomic mass is 19.1. The van der Waals surface area contributed by atoms with Crippen molar-refractivity contribution >= 4 is 17.6 Å². The molecule has 2 amide bonds. The summed E-state index contributed by atoms with van der Waals surface area (Å²) < 4.78 is 19.6. The zero-order chi connectivity index (χ0) is 20.1. The van der Waals surface area contributed by atoms with Gasteiger partial charge >= 0.3 is 0 Å². The third kappa shape index (κ3) is 4.93. The lowest BCUT2D eigenvalue weighted by Crippen LogP contribution is -2.51. The maximum Gasteiger partial charge on any atom is 0.248 e. The Morgan fingerprint density at radius 1 is 1.18 bits per heavy atom. The van der Waals surface area contributed by atoms with Gasteiger partial charge in [0.15, 0.2) is 0 Å². The molecule has 8 nitrogen and oxygen atoms in total. The molecular formula is C19H24FN5O3. The molecule has 28 heavy (non-hydrogen) atoms. The van der Waals surface area contributed by atoms with Crippen molar-refractivity contribution in [3.63, 3.8) is 0 Å². The lowest BCUT2D eigenvalue weighted by molar-refractivity contribution is -0.137. The number of amides is 2. The second kappa shape index (κ2) is 8.94. The predicted octanol–water partition coefficient (Wildman–Crippen LogP) is 1.05. The Morgan fingerprint density at radius 2 is 1.86 bits per heavy atom. The number of nitrogens with one attached hydrogen (secondary N) is 1. The van der Waals surface area contributed by atoms with Crippen LogP contribution in [0.25, 0.3) is 5.69 Å². The van der Waals surface area contributed by atoms with Gasteiger partial charge in [0, 0.05) is 39.4 Å². The highest BCUT2D eigenvalue weighted by Gasteiger charge is 2.22. The van der Waals surface area contributed by atoms with Crippen LogP contribution in [-0.4, -0.2) is 77.8 Å². The fraction of sp³-hybridized carbons (Fsp3) is 0.421. The molecule has 1 saturated heterocycles. The van der Waals surface area contributed by atoms with E-state index in [9.17, 15) is 14.0 Å². The minimum Gasteiger partial charge on any atom is -0.375 e. The van der Waals surface area contributed by atoms with Gasteiger partial charge in [-0.15, -0.1) is 0 Å². The summed E-state index contributed by atoms with van der Waals surface area (Å²) in [6.07, 6.45) is 0. The SMILES string of the molecule is COCC(=O)N1CCN(CC(=O)Nc2cc(C)nn2-c2ccc(F)cc2)CC1. The van der Waals surface area contributed by atoms with Crippen LogP contribution in [0.4, 0.5) is 10.2 Å². The van der Waals surface area contributed by atoms with Gasteiger partial charge in [-0.25, -0.2) is 9.07 Å². The molecule has 2 heterocycles. The number of aryl methyl sites for hydroxylation is 1. The van der Waals surface area contributed by atoms with E-state index in [4.69, 9.17) is 4.74 Å². The van der Waals surface area contributed by atoms with Gasteiger partial charge in [-0.3, -0.25) is 14.5 Å². The molecule has 0 unspecified atom stereocenters. The van der Waals surface area contributed by atoms with Gasteiger partial charge in [0.2, 0.25) is 11.8 Å². The predicted molar refractivity (Wildman–Crippen MR) is 102 cm³/mol. The number of anilines is 1. The highest BCUT2D eigenvalue weighted by molar-refractivity contribution is 5.91. The first-order valence-electron chi connectivity index (χ1n) is 9.08. The smallest absolute Gasteiger partial charge is 0.248 e. The van der Waals surface area contributed by atoms with E-state index < -0.39 is 0 Å². The van der Waals surface area contributed by atoms with E-state index in [2.05, 4.69) is 10.4 Å². The second-order valence-corrected chi connectivity index (χ2v) is 6.70. The van der Waals surface area contributed by atoms with Crippen molar-refractivity contribution in [2.75, 3.05) is 51.8 Å². The van der Waals surface area contributed by atoms with Gasteiger partial charge in [-0.05, 0) is 31.2 Å². The monoisotopic (exact) mass is 389 g/mol. The quantitative estimate of drug-likeness (QED) is 0.799. The van der Waals surface area contributed by atoms with Crippen LogP contribution < -0.4 is 5.32 Å². The minimum absolute atomic E-state index is 0.0368. The number of carbonyl (C=O) groups excluding carboxylic acids is 2. The molecule has 0 radical (unpaired) electrons. The number of hydrogen-bond donors (Lipinski definition) is 1. The van der Waals surface area contributed by atoms with Crippen LogP contribution in [-0.2, 0) is 14.3 Å². The minimum atomic E-state index is -0.332. The third-order valence-electron chi connectivity index (χ3n) is 4.53. The average Bonchev–Trinajstić information content (AvgIpc) is 3.03. The van der Waals surface area contributed by atoms with Gasteiger partial charge in [0.25, 0.3) is 0 Å². The molecule has 2 aromatic rings. The lowest BCUT2D eigenvalue weighted by Gasteiger charge is -2.34. The fourth-order valence-electron chi connectivity index (χ4n) is 3.12. The topological polar surface area (TPSA) is 79.7 Å². The summed E-state index contributed by atoms with van der Waals surface area (Å²) in [6.45, 7) is 4.52. The molecule has 1 aliphatic heterocycles. The maximum atomic E-state index is 13.2. The van der Waals surface area contributed by atoms with Crippen LogP contribution in [0.5, 0.6) is 0 Å². The third-order valence-corrected chi connectivity index (χ3v) is 4.53. The van der Waals surface area contributed by atoms with Crippen molar-refractivity contribution in [1.82, 2.24) is 19.6 Å². The molecule has 0 saturated carbocycles. The number of ether oxygens (including phenoxy) is 1. The number of methoxy groups -OCH3 is 1. The maximum absolute atomic E-state index is 13.2. The Labute approximate surface area is 162 Å². The van der Waals surface area contributed by atoms with Crippen LogP contribution in [0.1, 0.15) is 5.69 Å². The van der Waals surface area contributed by atoms with E-state index in [0.717, 1.165) is 5.69 Å². The normalized spacial score (nSPS) is 14.9. The van der Waals surface area contributed by atoms with E-state index in [-0.39, 0.29) is 30.8 Å². The Balaban J connectivity index is 1.57. The van der Waals surface area contributed by atoms with Crippen molar-refractivity contribution in [3.8, 4) is 5.69 Å². The van der Waals surface area contributed by atoms with Crippen LogP contribution in [0.3, 0.4) is 0 Å². The van der Waals surface area contributed by atoms with Gasteiger partial charge in [0.05, 0.1) is 17.9 Å². The molecule has 1 aromatic carbocycles. The highest BCUT2D eigenvalue weighted by Crippen LogP contribution is 2.17. The Bertz CT molecular complexity index is 829. The second-order valence-electron chi connectivity index (χ2n) is 6.70. The van der Waals surface area contributed by atoms with Crippen molar-refractivity contribution in [2.24, 2.45) is 0 Å². The van der Waals surface area contributed by atoms with Crippen LogP contribution in [0, 0.1) is 12.7 Å². The summed E-state index contributed by atoms with van der Waals surface area (Å²) in [5.74, 6) is -0.00504. The van der Waals surface area contributed by atoms with Crippen molar-refractivity contribution in [3.05, 3.63) is 41.8 Å². The Morgan fingerprint density at radius 3 is 2.50 bits per heavy atom. The lowest BCUT2D eigenvalue weighted by atomic mass is 10.3. The first kappa shape index (κ1) is 20.0. The molecule has 0 atom stereocenters. The fourth-order valence-corrected chi connectivity index (χ4v) is 3.12. The van der Waals surface area contributed by atoms with Crippen LogP contribution in [0.15, 0.2) is 30.3 Å².